The summed E-state index contributed by atoms with van der Waals surface area (Å²) in [6.45, 7) is 4.05. The maximum Gasteiger partial charge on any atom is 0.224 e. The molecule has 0 spiro atoms. The van der Waals surface area contributed by atoms with E-state index in [9.17, 15) is 4.79 Å². The molecule has 1 heterocycles. The van der Waals surface area contributed by atoms with Crippen LogP contribution in [0.4, 0.5) is 0 Å². The molecule has 0 atom stereocenters. The quantitative estimate of drug-likeness (QED) is 0.590. The molecule has 0 unspecified atom stereocenters. The van der Waals surface area contributed by atoms with Crippen LogP contribution in [0.15, 0.2) is 67.0 Å². The molecule has 0 saturated heterocycles. The molecule has 5 nitrogen and oxygen atoms in total. The number of rotatable bonds is 9. The number of imidazole rings is 1. The van der Waals surface area contributed by atoms with E-state index in [0.29, 0.717) is 19.6 Å². The predicted molar refractivity (Wildman–Crippen MR) is 107 cm³/mol. The summed E-state index contributed by atoms with van der Waals surface area (Å²) in [6.07, 6.45) is 5.02. The highest BCUT2D eigenvalue weighted by molar-refractivity contribution is 5.78. The van der Waals surface area contributed by atoms with E-state index in [1.165, 1.54) is 0 Å². The maximum absolute atomic E-state index is 12.1. The van der Waals surface area contributed by atoms with E-state index in [0.717, 1.165) is 35.7 Å². The van der Waals surface area contributed by atoms with Gasteiger partial charge in [-0.15, -0.1) is 0 Å². The monoisotopic (exact) mass is 363 g/mol. The van der Waals surface area contributed by atoms with Gasteiger partial charge < -0.3 is 14.6 Å². The highest BCUT2D eigenvalue weighted by Crippen LogP contribution is 2.17. The standard InChI is InChI=1S/C22H25N3O2/c1-2-27-20-11-9-18(10-12-20)17-21(26)23-13-6-15-25-16-14-24-22(25)19-7-4-3-5-8-19/h3-5,7-12,14,16H,2,6,13,15,17H2,1H3,(H,23,26). The minimum absolute atomic E-state index is 0.0353. The average molecular weight is 363 g/mol. The van der Waals surface area contributed by atoms with Gasteiger partial charge in [0.1, 0.15) is 11.6 Å². The first-order chi connectivity index (χ1) is 13.3. The Morgan fingerprint density at radius 2 is 1.89 bits per heavy atom. The fourth-order valence-electron chi connectivity index (χ4n) is 2.93. The molecule has 0 fully saturated rings. The topological polar surface area (TPSA) is 56.1 Å². The van der Waals surface area contributed by atoms with Crippen LogP contribution in [0.5, 0.6) is 5.75 Å². The highest BCUT2D eigenvalue weighted by atomic mass is 16.5. The zero-order valence-electron chi connectivity index (χ0n) is 15.6. The molecule has 1 amide bonds. The number of aryl methyl sites for hydroxylation is 1. The molecule has 1 N–H and O–H groups in total. The van der Waals surface area contributed by atoms with Crippen LogP contribution < -0.4 is 10.1 Å². The Hall–Kier alpha value is -3.08. The summed E-state index contributed by atoms with van der Waals surface area (Å²) in [5.74, 6) is 1.82. The Morgan fingerprint density at radius 1 is 1.11 bits per heavy atom. The SMILES string of the molecule is CCOc1ccc(CC(=O)NCCCn2ccnc2-c2ccccc2)cc1. The van der Waals surface area contributed by atoms with Crippen molar-refractivity contribution in [3.63, 3.8) is 0 Å². The lowest BCUT2D eigenvalue weighted by Gasteiger charge is -2.09. The molecule has 0 bridgehead atoms. The number of aromatic nitrogens is 2. The molecule has 3 aromatic rings. The lowest BCUT2D eigenvalue weighted by molar-refractivity contribution is -0.120. The van der Waals surface area contributed by atoms with E-state index >= 15 is 0 Å². The number of nitrogens with zero attached hydrogens (tertiary/aromatic N) is 2. The number of carbonyl (C=O) groups is 1. The Kier molecular flexibility index (Phi) is 6.63. The Morgan fingerprint density at radius 3 is 2.63 bits per heavy atom. The number of benzene rings is 2. The third-order valence-electron chi connectivity index (χ3n) is 4.24. The molecule has 3 rings (SSSR count). The van der Waals surface area contributed by atoms with Crippen LogP contribution in [0.2, 0.25) is 0 Å². The third kappa shape index (κ3) is 5.45. The summed E-state index contributed by atoms with van der Waals surface area (Å²) in [5, 5.41) is 2.99. The summed E-state index contributed by atoms with van der Waals surface area (Å²) >= 11 is 0. The summed E-state index contributed by atoms with van der Waals surface area (Å²) in [7, 11) is 0. The Labute approximate surface area is 160 Å². The van der Waals surface area contributed by atoms with Crippen LogP contribution in [-0.2, 0) is 17.8 Å². The van der Waals surface area contributed by atoms with Crippen molar-refractivity contribution < 1.29 is 9.53 Å². The summed E-state index contributed by atoms with van der Waals surface area (Å²) < 4.78 is 7.53. The first kappa shape index (κ1) is 18.7. The van der Waals surface area contributed by atoms with Gasteiger partial charge in [-0.2, -0.15) is 0 Å². The van der Waals surface area contributed by atoms with Gasteiger partial charge in [0.25, 0.3) is 0 Å². The van der Waals surface area contributed by atoms with Gasteiger partial charge in [-0.25, -0.2) is 4.98 Å². The lowest BCUT2D eigenvalue weighted by Crippen LogP contribution is -2.26. The second-order valence-corrected chi connectivity index (χ2v) is 6.27. The van der Waals surface area contributed by atoms with Crippen molar-refractivity contribution in [3.05, 3.63) is 72.6 Å². The summed E-state index contributed by atoms with van der Waals surface area (Å²) in [4.78, 5) is 16.6. The largest absolute Gasteiger partial charge is 0.494 e. The van der Waals surface area contributed by atoms with E-state index in [1.807, 2.05) is 61.8 Å². The van der Waals surface area contributed by atoms with Crippen molar-refractivity contribution in [1.29, 1.82) is 0 Å². The maximum atomic E-state index is 12.1. The Bertz CT molecular complexity index is 842. The van der Waals surface area contributed by atoms with Gasteiger partial charge >= 0.3 is 0 Å². The molecule has 140 valence electrons. The van der Waals surface area contributed by atoms with Crippen LogP contribution in [0.1, 0.15) is 18.9 Å². The minimum Gasteiger partial charge on any atom is -0.494 e. The lowest BCUT2D eigenvalue weighted by atomic mass is 10.1. The van der Waals surface area contributed by atoms with Gasteiger partial charge in [0.05, 0.1) is 13.0 Å². The fourth-order valence-corrected chi connectivity index (χ4v) is 2.93. The summed E-state index contributed by atoms with van der Waals surface area (Å²) in [6, 6.07) is 17.8. The molecule has 1 aromatic heterocycles. The first-order valence-electron chi connectivity index (χ1n) is 9.31. The highest BCUT2D eigenvalue weighted by Gasteiger charge is 2.06. The number of nitrogens with one attached hydrogen (secondary N) is 1. The molecule has 5 heteroatoms. The summed E-state index contributed by atoms with van der Waals surface area (Å²) in [5.41, 5.74) is 2.08. The predicted octanol–water partition coefficient (Wildman–Crippen LogP) is 3.70. The van der Waals surface area contributed by atoms with Gasteiger partial charge in [0, 0.05) is 31.0 Å². The molecular weight excluding hydrogens is 338 g/mol. The smallest absolute Gasteiger partial charge is 0.224 e. The van der Waals surface area contributed by atoms with Crippen molar-refractivity contribution in [3.8, 4) is 17.1 Å². The molecule has 0 aliphatic rings. The van der Waals surface area contributed by atoms with Crippen LogP contribution in [0.3, 0.4) is 0 Å². The zero-order valence-corrected chi connectivity index (χ0v) is 15.6. The van der Waals surface area contributed by atoms with E-state index < -0.39 is 0 Å². The average Bonchev–Trinajstić information content (AvgIpc) is 3.16. The molecule has 0 aliphatic carbocycles. The molecule has 2 aromatic carbocycles. The van der Waals surface area contributed by atoms with E-state index in [2.05, 4.69) is 27.0 Å². The second kappa shape index (κ2) is 9.57. The van der Waals surface area contributed by atoms with Crippen molar-refractivity contribution in [2.45, 2.75) is 26.3 Å². The fraction of sp³-hybridized carbons (Fsp3) is 0.273. The van der Waals surface area contributed by atoms with Gasteiger partial charge in [-0.05, 0) is 31.0 Å². The molecule has 0 aliphatic heterocycles. The second-order valence-electron chi connectivity index (χ2n) is 6.27. The van der Waals surface area contributed by atoms with Crippen molar-refractivity contribution >= 4 is 5.91 Å². The van der Waals surface area contributed by atoms with E-state index in [1.54, 1.807) is 0 Å². The minimum atomic E-state index is 0.0353. The van der Waals surface area contributed by atoms with Crippen molar-refractivity contribution in [2.75, 3.05) is 13.2 Å². The zero-order chi connectivity index (χ0) is 18.9. The van der Waals surface area contributed by atoms with E-state index in [-0.39, 0.29) is 5.91 Å². The van der Waals surface area contributed by atoms with Crippen LogP contribution in [0.25, 0.3) is 11.4 Å². The van der Waals surface area contributed by atoms with Crippen LogP contribution in [0, 0.1) is 0 Å². The third-order valence-corrected chi connectivity index (χ3v) is 4.24. The van der Waals surface area contributed by atoms with E-state index in [4.69, 9.17) is 4.74 Å². The number of carbonyl (C=O) groups excluding carboxylic acids is 1. The normalized spacial score (nSPS) is 10.6. The number of hydrogen-bond acceptors (Lipinski definition) is 3. The van der Waals surface area contributed by atoms with Gasteiger partial charge in [0.2, 0.25) is 5.91 Å². The molecule has 27 heavy (non-hydrogen) atoms. The number of hydrogen-bond donors (Lipinski definition) is 1. The molecule has 0 saturated carbocycles. The van der Waals surface area contributed by atoms with Gasteiger partial charge in [-0.1, -0.05) is 42.5 Å². The van der Waals surface area contributed by atoms with Crippen LogP contribution in [-0.4, -0.2) is 28.6 Å². The molecule has 0 radical (unpaired) electrons. The van der Waals surface area contributed by atoms with Crippen molar-refractivity contribution in [1.82, 2.24) is 14.9 Å². The number of amides is 1. The first-order valence-corrected chi connectivity index (χ1v) is 9.31. The van der Waals surface area contributed by atoms with Gasteiger partial charge in [-0.3, -0.25) is 4.79 Å². The Balaban J connectivity index is 1.43. The van der Waals surface area contributed by atoms with Crippen LogP contribution >= 0.6 is 0 Å². The number of ether oxygens (including phenoxy) is 1. The van der Waals surface area contributed by atoms with Gasteiger partial charge in [0.15, 0.2) is 0 Å². The molecular formula is C22H25N3O2. The van der Waals surface area contributed by atoms with Crippen molar-refractivity contribution in [2.24, 2.45) is 0 Å².